The lowest BCUT2D eigenvalue weighted by Crippen LogP contribution is -2.44. The van der Waals surface area contributed by atoms with Gasteiger partial charge < -0.3 is 19.5 Å². The predicted molar refractivity (Wildman–Crippen MR) is 126 cm³/mol. The van der Waals surface area contributed by atoms with E-state index in [0.717, 1.165) is 24.1 Å². The van der Waals surface area contributed by atoms with E-state index >= 15 is 0 Å². The number of hydrogen-bond acceptors (Lipinski definition) is 4. The Balaban J connectivity index is 2.39. The lowest BCUT2D eigenvalue weighted by atomic mass is 9.97. The van der Waals surface area contributed by atoms with Crippen molar-refractivity contribution < 1.29 is 14.0 Å². The molecule has 1 unspecified atom stereocenters. The number of hydrogen-bond donors (Lipinski definition) is 1. The van der Waals surface area contributed by atoms with Crippen LogP contribution in [0.4, 0.5) is 11.4 Å². The molecule has 1 heterocycles. The predicted octanol–water partition coefficient (Wildman–Crippen LogP) is 5.41. The van der Waals surface area contributed by atoms with Crippen molar-refractivity contribution in [3.63, 3.8) is 0 Å². The van der Waals surface area contributed by atoms with Crippen LogP contribution in [0.25, 0.3) is 0 Å². The molecule has 0 fully saturated rings. The molecule has 0 saturated heterocycles. The first-order valence-corrected chi connectivity index (χ1v) is 11.1. The van der Waals surface area contributed by atoms with Crippen molar-refractivity contribution in [2.45, 2.75) is 60.0 Å². The molecule has 1 N–H and O–H groups in total. The van der Waals surface area contributed by atoms with E-state index in [1.807, 2.05) is 42.1 Å². The number of rotatable bonds is 10. The van der Waals surface area contributed by atoms with Crippen molar-refractivity contribution in [3.05, 3.63) is 47.9 Å². The van der Waals surface area contributed by atoms with Crippen LogP contribution in [0.1, 0.15) is 63.6 Å². The summed E-state index contributed by atoms with van der Waals surface area (Å²) in [5.74, 6) is 0.515. The minimum absolute atomic E-state index is 0.0193. The van der Waals surface area contributed by atoms with Crippen molar-refractivity contribution in [1.82, 2.24) is 4.90 Å². The third kappa shape index (κ3) is 6.12. The zero-order valence-corrected chi connectivity index (χ0v) is 19.9. The number of benzene rings is 1. The van der Waals surface area contributed by atoms with Crippen molar-refractivity contribution in [3.8, 4) is 0 Å². The fourth-order valence-corrected chi connectivity index (χ4v) is 3.67. The van der Waals surface area contributed by atoms with E-state index in [1.165, 1.54) is 6.26 Å². The molecular weight excluding hydrogens is 390 g/mol. The van der Waals surface area contributed by atoms with Gasteiger partial charge in [-0.3, -0.25) is 9.59 Å². The van der Waals surface area contributed by atoms with E-state index < -0.39 is 0 Å². The van der Waals surface area contributed by atoms with Crippen LogP contribution in [0.15, 0.2) is 41.0 Å². The third-order valence-corrected chi connectivity index (χ3v) is 5.98. The number of nitrogens with one attached hydrogen (secondary N) is 1. The van der Waals surface area contributed by atoms with Gasteiger partial charge in [-0.05, 0) is 61.6 Å². The lowest BCUT2D eigenvalue weighted by Gasteiger charge is -2.35. The standard InChI is InChI=1S/C25H37N3O3/c1-8-19(9-2)25(30)28(18(5)17(3)4)16-20-15-21(12-13-22(20)27(6)7)26-24(29)23-11-10-14-31-23/h10-15,17-19H,8-9,16H2,1-7H3,(H,26,29). The third-order valence-electron chi connectivity index (χ3n) is 5.98. The number of carbonyl (C=O) groups excluding carboxylic acids is 2. The minimum atomic E-state index is -0.297. The molecule has 0 spiro atoms. The number of nitrogens with zero attached hydrogens (tertiary/aromatic N) is 2. The van der Waals surface area contributed by atoms with E-state index in [9.17, 15) is 9.59 Å². The number of anilines is 2. The molecule has 0 aliphatic carbocycles. The quantitative estimate of drug-likeness (QED) is 0.551. The van der Waals surface area contributed by atoms with Crippen molar-refractivity contribution >= 4 is 23.2 Å². The van der Waals surface area contributed by atoms with E-state index in [0.29, 0.717) is 18.2 Å². The summed E-state index contributed by atoms with van der Waals surface area (Å²) < 4.78 is 5.19. The van der Waals surface area contributed by atoms with E-state index in [2.05, 4.69) is 39.9 Å². The topological polar surface area (TPSA) is 65.8 Å². The molecule has 2 aromatic rings. The van der Waals surface area contributed by atoms with E-state index in [-0.39, 0.29) is 29.5 Å². The van der Waals surface area contributed by atoms with Gasteiger partial charge in [0.25, 0.3) is 5.91 Å². The van der Waals surface area contributed by atoms with Gasteiger partial charge in [-0.15, -0.1) is 0 Å². The second-order valence-corrected chi connectivity index (χ2v) is 8.63. The molecule has 6 nitrogen and oxygen atoms in total. The Hall–Kier alpha value is -2.76. The Labute approximate surface area is 186 Å². The Morgan fingerprint density at radius 3 is 2.26 bits per heavy atom. The van der Waals surface area contributed by atoms with Crippen molar-refractivity contribution in [2.24, 2.45) is 11.8 Å². The Kier molecular flexibility index (Phi) is 8.72. The van der Waals surface area contributed by atoms with Crippen LogP contribution in [-0.2, 0) is 11.3 Å². The molecule has 2 rings (SSSR count). The van der Waals surface area contributed by atoms with Crippen LogP contribution >= 0.6 is 0 Å². The van der Waals surface area contributed by atoms with Crippen molar-refractivity contribution in [2.75, 3.05) is 24.3 Å². The van der Waals surface area contributed by atoms with Gasteiger partial charge in [0.2, 0.25) is 5.91 Å². The van der Waals surface area contributed by atoms with E-state index in [4.69, 9.17) is 4.42 Å². The van der Waals surface area contributed by atoms with Crippen LogP contribution in [0, 0.1) is 11.8 Å². The van der Waals surface area contributed by atoms with Gasteiger partial charge in [0, 0.05) is 44.0 Å². The van der Waals surface area contributed by atoms with Gasteiger partial charge >= 0.3 is 0 Å². The fourth-order valence-electron chi connectivity index (χ4n) is 3.67. The van der Waals surface area contributed by atoms with Crippen LogP contribution < -0.4 is 10.2 Å². The van der Waals surface area contributed by atoms with Gasteiger partial charge in [-0.2, -0.15) is 0 Å². The summed E-state index contributed by atoms with van der Waals surface area (Å²) in [7, 11) is 3.97. The molecular formula is C25H37N3O3. The summed E-state index contributed by atoms with van der Waals surface area (Å²) in [5, 5.41) is 2.90. The Morgan fingerprint density at radius 1 is 1.06 bits per heavy atom. The molecule has 6 heteroatoms. The smallest absolute Gasteiger partial charge is 0.291 e. The van der Waals surface area contributed by atoms with E-state index in [1.54, 1.807) is 12.1 Å². The van der Waals surface area contributed by atoms with Gasteiger partial charge in [0.1, 0.15) is 0 Å². The van der Waals surface area contributed by atoms with Gasteiger partial charge in [-0.1, -0.05) is 27.7 Å². The molecule has 0 aliphatic rings. The second kappa shape index (κ2) is 11.0. The summed E-state index contributed by atoms with van der Waals surface area (Å²) in [6, 6.07) is 9.22. The number of carbonyl (C=O) groups is 2. The maximum atomic E-state index is 13.4. The second-order valence-electron chi connectivity index (χ2n) is 8.63. The highest BCUT2D eigenvalue weighted by Crippen LogP contribution is 2.28. The largest absolute Gasteiger partial charge is 0.459 e. The van der Waals surface area contributed by atoms with Crippen molar-refractivity contribution in [1.29, 1.82) is 0 Å². The molecule has 0 radical (unpaired) electrons. The first-order valence-electron chi connectivity index (χ1n) is 11.1. The summed E-state index contributed by atoms with van der Waals surface area (Å²) in [5.41, 5.74) is 2.69. The maximum Gasteiger partial charge on any atom is 0.291 e. The lowest BCUT2D eigenvalue weighted by molar-refractivity contribution is -0.139. The highest BCUT2D eigenvalue weighted by molar-refractivity contribution is 6.02. The number of furan rings is 1. The molecule has 0 aliphatic heterocycles. The Morgan fingerprint density at radius 2 is 1.74 bits per heavy atom. The van der Waals surface area contributed by atoms with Gasteiger partial charge in [0.05, 0.1) is 6.26 Å². The molecule has 1 aromatic carbocycles. The Bertz CT molecular complexity index is 855. The summed E-state index contributed by atoms with van der Waals surface area (Å²) in [6.07, 6.45) is 3.14. The highest BCUT2D eigenvalue weighted by Gasteiger charge is 2.28. The molecule has 31 heavy (non-hydrogen) atoms. The molecule has 2 amide bonds. The SMILES string of the molecule is CCC(CC)C(=O)N(Cc1cc(NC(=O)c2ccco2)ccc1N(C)C)C(C)C(C)C. The average Bonchev–Trinajstić information content (AvgIpc) is 3.27. The maximum absolute atomic E-state index is 13.4. The van der Waals surface area contributed by atoms with Crippen LogP contribution in [0.5, 0.6) is 0 Å². The zero-order chi connectivity index (χ0) is 23.1. The highest BCUT2D eigenvalue weighted by atomic mass is 16.3. The molecule has 170 valence electrons. The summed E-state index contributed by atoms with van der Waals surface area (Å²) >= 11 is 0. The fraction of sp³-hybridized carbons (Fsp3) is 0.520. The monoisotopic (exact) mass is 427 g/mol. The van der Waals surface area contributed by atoms with Crippen LogP contribution in [0.3, 0.4) is 0 Å². The average molecular weight is 428 g/mol. The van der Waals surface area contributed by atoms with Crippen LogP contribution in [-0.4, -0.2) is 36.9 Å². The molecule has 0 bridgehead atoms. The molecule has 1 atom stereocenters. The number of amides is 2. The normalized spacial score (nSPS) is 12.2. The first-order chi connectivity index (χ1) is 14.7. The van der Waals surface area contributed by atoms with Gasteiger partial charge in [-0.25, -0.2) is 0 Å². The van der Waals surface area contributed by atoms with Gasteiger partial charge in [0.15, 0.2) is 5.76 Å². The summed E-state index contributed by atoms with van der Waals surface area (Å²) in [6.45, 7) is 11.0. The molecule has 1 aromatic heterocycles. The summed E-state index contributed by atoms with van der Waals surface area (Å²) in [4.78, 5) is 29.8. The first kappa shape index (κ1) is 24.5. The molecule has 0 saturated carbocycles. The minimum Gasteiger partial charge on any atom is -0.459 e. The zero-order valence-electron chi connectivity index (χ0n) is 19.9. The van der Waals surface area contributed by atoms with Crippen LogP contribution in [0.2, 0.25) is 0 Å².